The van der Waals surface area contributed by atoms with Crippen LogP contribution in [0.1, 0.15) is 11.1 Å². The van der Waals surface area contributed by atoms with E-state index in [1.807, 2.05) is 77.6 Å². The Kier molecular flexibility index (Phi) is 7.29. The molecule has 6 rings (SSSR count). The highest BCUT2D eigenvalue weighted by Gasteiger charge is 2.29. The van der Waals surface area contributed by atoms with Crippen molar-refractivity contribution in [2.45, 2.75) is 6.54 Å². The van der Waals surface area contributed by atoms with Crippen LogP contribution in [0.15, 0.2) is 101 Å². The van der Waals surface area contributed by atoms with E-state index in [0.717, 1.165) is 66.1 Å². The van der Waals surface area contributed by atoms with E-state index in [1.54, 1.807) is 7.11 Å². The normalized spacial score (nSPS) is 17.1. The van der Waals surface area contributed by atoms with Gasteiger partial charge in [0, 0.05) is 50.0 Å². The summed E-state index contributed by atoms with van der Waals surface area (Å²) in [7, 11) is 1.65. The molecule has 1 amide bonds. The number of carbonyl (C=O) groups is 1. The van der Waals surface area contributed by atoms with Gasteiger partial charge in [-0.3, -0.25) is 9.69 Å². The molecule has 7 nitrogen and oxygen atoms in total. The number of para-hydroxylation sites is 1. The molecule has 2 aliphatic heterocycles. The first kappa shape index (κ1) is 25.2. The summed E-state index contributed by atoms with van der Waals surface area (Å²) in [6.07, 6.45) is 3.89. The predicted octanol–water partition coefficient (Wildman–Crippen LogP) is 5.34. The van der Waals surface area contributed by atoms with Gasteiger partial charge in [-0.2, -0.15) is 10.1 Å². The lowest BCUT2D eigenvalue weighted by Gasteiger charge is -2.35. The number of aromatic nitrogens is 2. The fourth-order valence-electron chi connectivity index (χ4n) is 4.79. The number of amidine groups is 1. The molecule has 0 aliphatic carbocycles. The van der Waals surface area contributed by atoms with Gasteiger partial charge in [-0.05, 0) is 59.8 Å². The van der Waals surface area contributed by atoms with E-state index in [1.165, 1.54) is 17.3 Å². The van der Waals surface area contributed by atoms with Crippen molar-refractivity contribution in [3.63, 3.8) is 0 Å². The molecule has 0 N–H and O–H groups in total. The SMILES string of the molecule is COc1ccc(-c2nn(-c3ccccc3)cc2C=C2SC(N3CCN(Cc4ccccc4)CC3)=NC2=O)cc1. The van der Waals surface area contributed by atoms with Crippen LogP contribution in [0.25, 0.3) is 23.0 Å². The fourth-order valence-corrected chi connectivity index (χ4v) is 5.75. The number of aliphatic imine (C=N–C) groups is 1. The number of benzene rings is 3. The summed E-state index contributed by atoms with van der Waals surface area (Å²) in [5.74, 6) is 0.583. The van der Waals surface area contributed by atoms with Crippen molar-refractivity contribution in [1.82, 2.24) is 19.6 Å². The van der Waals surface area contributed by atoms with Crippen molar-refractivity contribution >= 4 is 28.9 Å². The van der Waals surface area contributed by atoms with Crippen LogP contribution in [0.5, 0.6) is 5.75 Å². The van der Waals surface area contributed by atoms with Crippen LogP contribution in [0.2, 0.25) is 0 Å². The molecule has 0 spiro atoms. The maximum absolute atomic E-state index is 13.0. The first-order chi connectivity index (χ1) is 19.2. The van der Waals surface area contributed by atoms with Gasteiger partial charge in [0.2, 0.25) is 0 Å². The molecule has 2 aliphatic rings. The number of hydrogen-bond acceptors (Lipinski definition) is 6. The minimum atomic E-state index is -0.199. The van der Waals surface area contributed by atoms with E-state index < -0.39 is 0 Å². The van der Waals surface area contributed by atoms with Crippen LogP contribution in [0.4, 0.5) is 0 Å². The monoisotopic (exact) mass is 535 g/mol. The summed E-state index contributed by atoms with van der Waals surface area (Å²) in [4.78, 5) is 22.7. The van der Waals surface area contributed by atoms with Crippen LogP contribution < -0.4 is 4.74 Å². The molecule has 3 aromatic carbocycles. The van der Waals surface area contributed by atoms with Crippen LogP contribution in [-0.2, 0) is 11.3 Å². The number of amides is 1. The quantitative estimate of drug-likeness (QED) is 0.311. The first-order valence-electron chi connectivity index (χ1n) is 13.0. The lowest BCUT2D eigenvalue weighted by molar-refractivity contribution is -0.113. The molecule has 39 heavy (non-hydrogen) atoms. The number of carbonyl (C=O) groups excluding carboxylic acids is 1. The molecular weight excluding hydrogens is 506 g/mol. The molecule has 0 radical (unpaired) electrons. The minimum absolute atomic E-state index is 0.199. The molecule has 0 bridgehead atoms. The lowest BCUT2D eigenvalue weighted by atomic mass is 10.1. The Bertz CT molecular complexity index is 1510. The van der Waals surface area contributed by atoms with Crippen molar-refractivity contribution < 1.29 is 9.53 Å². The maximum Gasteiger partial charge on any atom is 0.286 e. The van der Waals surface area contributed by atoms with E-state index in [9.17, 15) is 4.79 Å². The predicted molar refractivity (Wildman–Crippen MR) is 157 cm³/mol. The van der Waals surface area contributed by atoms with Crippen molar-refractivity contribution in [2.24, 2.45) is 4.99 Å². The molecule has 8 heteroatoms. The van der Waals surface area contributed by atoms with Gasteiger partial charge in [0.1, 0.15) is 5.75 Å². The van der Waals surface area contributed by atoms with Crippen molar-refractivity contribution in [1.29, 1.82) is 0 Å². The van der Waals surface area contributed by atoms with Gasteiger partial charge in [0.05, 0.1) is 23.4 Å². The van der Waals surface area contributed by atoms with Crippen LogP contribution in [-0.4, -0.2) is 63.9 Å². The van der Waals surface area contributed by atoms with E-state index in [-0.39, 0.29) is 5.91 Å². The minimum Gasteiger partial charge on any atom is -0.497 e. The molecular formula is C31H29N5O2S. The summed E-state index contributed by atoms with van der Waals surface area (Å²) in [5, 5.41) is 5.67. The average molecular weight is 536 g/mol. The molecule has 196 valence electrons. The van der Waals surface area contributed by atoms with E-state index in [4.69, 9.17) is 9.84 Å². The van der Waals surface area contributed by atoms with E-state index in [2.05, 4.69) is 39.1 Å². The topological polar surface area (TPSA) is 63.0 Å². The molecule has 3 heterocycles. The Morgan fingerprint density at radius 1 is 0.897 bits per heavy atom. The van der Waals surface area contributed by atoms with Gasteiger partial charge in [-0.1, -0.05) is 48.5 Å². The van der Waals surface area contributed by atoms with Gasteiger partial charge in [-0.25, -0.2) is 4.68 Å². The molecule has 4 aromatic rings. The van der Waals surface area contributed by atoms with Gasteiger partial charge >= 0.3 is 0 Å². The third-order valence-electron chi connectivity index (χ3n) is 6.91. The lowest BCUT2D eigenvalue weighted by Crippen LogP contribution is -2.47. The maximum atomic E-state index is 13.0. The second kappa shape index (κ2) is 11.3. The van der Waals surface area contributed by atoms with Crippen LogP contribution >= 0.6 is 11.8 Å². The Morgan fingerprint density at radius 3 is 2.28 bits per heavy atom. The number of piperazine rings is 1. The number of ether oxygens (including phenoxy) is 1. The standard InChI is InChI=1S/C31H29N5O2S/c1-38-27-14-12-24(13-15-27)29-25(22-36(33-29)26-10-6-3-7-11-26)20-28-30(37)32-31(39-28)35-18-16-34(17-19-35)21-23-8-4-2-5-9-23/h2-15,20,22H,16-19,21H2,1H3. The van der Waals surface area contributed by atoms with Crippen molar-refractivity contribution in [3.05, 3.63) is 107 Å². The summed E-state index contributed by atoms with van der Waals surface area (Å²) in [6, 6.07) is 28.3. The van der Waals surface area contributed by atoms with Gasteiger partial charge in [0.15, 0.2) is 5.17 Å². The first-order valence-corrected chi connectivity index (χ1v) is 13.8. The smallest absolute Gasteiger partial charge is 0.286 e. The zero-order valence-electron chi connectivity index (χ0n) is 21.7. The van der Waals surface area contributed by atoms with Crippen molar-refractivity contribution in [2.75, 3.05) is 33.3 Å². The Balaban J connectivity index is 1.20. The Morgan fingerprint density at radius 2 is 1.59 bits per heavy atom. The number of hydrogen-bond donors (Lipinski definition) is 0. The molecule has 0 saturated carbocycles. The molecule has 1 saturated heterocycles. The highest BCUT2D eigenvalue weighted by atomic mass is 32.2. The zero-order chi connectivity index (χ0) is 26.6. The Hall–Kier alpha value is -4.14. The largest absolute Gasteiger partial charge is 0.497 e. The Labute approximate surface area is 232 Å². The average Bonchev–Trinajstić information content (AvgIpc) is 3.58. The molecule has 1 fully saturated rings. The van der Waals surface area contributed by atoms with E-state index >= 15 is 0 Å². The summed E-state index contributed by atoms with van der Waals surface area (Å²) < 4.78 is 7.18. The second-order valence-electron chi connectivity index (χ2n) is 9.50. The van der Waals surface area contributed by atoms with Crippen LogP contribution in [0.3, 0.4) is 0 Å². The molecule has 1 aromatic heterocycles. The van der Waals surface area contributed by atoms with Crippen molar-refractivity contribution in [3.8, 4) is 22.7 Å². The van der Waals surface area contributed by atoms with Crippen LogP contribution in [0, 0.1) is 0 Å². The third-order valence-corrected chi connectivity index (χ3v) is 7.96. The summed E-state index contributed by atoms with van der Waals surface area (Å²) in [6.45, 7) is 4.52. The summed E-state index contributed by atoms with van der Waals surface area (Å²) in [5.41, 5.74) is 4.88. The third kappa shape index (κ3) is 5.67. The molecule has 0 unspecified atom stereocenters. The highest BCUT2D eigenvalue weighted by Crippen LogP contribution is 2.34. The number of thioether (sulfide) groups is 1. The van der Waals surface area contributed by atoms with Gasteiger partial charge < -0.3 is 9.64 Å². The van der Waals surface area contributed by atoms with E-state index in [0.29, 0.717) is 4.91 Å². The summed E-state index contributed by atoms with van der Waals surface area (Å²) >= 11 is 1.45. The number of nitrogens with zero attached hydrogens (tertiary/aromatic N) is 5. The molecule has 0 atom stereocenters. The zero-order valence-corrected chi connectivity index (χ0v) is 22.6. The number of rotatable bonds is 6. The fraction of sp³-hybridized carbons (Fsp3) is 0.194. The second-order valence-corrected chi connectivity index (χ2v) is 10.5. The number of methoxy groups -OCH3 is 1. The van der Waals surface area contributed by atoms with Gasteiger partial charge in [0.25, 0.3) is 5.91 Å². The highest BCUT2D eigenvalue weighted by molar-refractivity contribution is 8.18. The van der Waals surface area contributed by atoms with Gasteiger partial charge in [-0.15, -0.1) is 0 Å².